The molecule has 110 valence electrons. The Morgan fingerprint density at radius 2 is 2.10 bits per heavy atom. The summed E-state index contributed by atoms with van der Waals surface area (Å²) < 4.78 is 5.56. The van der Waals surface area contributed by atoms with Crippen molar-refractivity contribution in [1.29, 1.82) is 0 Å². The molecule has 1 saturated carbocycles. The van der Waals surface area contributed by atoms with E-state index in [4.69, 9.17) is 21.3 Å². The van der Waals surface area contributed by atoms with E-state index in [-0.39, 0.29) is 0 Å². The molecule has 0 spiro atoms. The molecule has 0 aromatic carbocycles. The van der Waals surface area contributed by atoms with E-state index < -0.39 is 0 Å². The monoisotopic (exact) mass is 295 g/mol. The summed E-state index contributed by atoms with van der Waals surface area (Å²) in [5.74, 6) is 3.02. The van der Waals surface area contributed by atoms with Crippen LogP contribution in [0.1, 0.15) is 43.0 Å². The quantitative estimate of drug-likeness (QED) is 0.800. The second-order valence-electron chi connectivity index (χ2n) is 6.06. The van der Waals surface area contributed by atoms with Crippen molar-refractivity contribution in [3.63, 3.8) is 0 Å². The highest BCUT2D eigenvalue weighted by atomic mass is 35.5. The molecule has 0 bridgehead atoms. The molecule has 2 heterocycles. The molecule has 2 aliphatic rings. The Kier molecular flexibility index (Phi) is 4.13. The first-order valence-electron chi connectivity index (χ1n) is 7.48. The van der Waals surface area contributed by atoms with Gasteiger partial charge in [0.25, 0.3) is 0 Å². The fourth-order valence-corrected chi connectivity index (χ4v) is 2.99. The summed E-state index contributed by atoms with van der Waals surface area (Å²) in [5.41, 5.74) is 0.982. The van der Waals surface area contributed by atoms with Crippen molar-refractivity contribution < 1.29 is 4.74 Å². The Hall–Kier alpha value is -0.870. The molecule has 1 unspecified atom stereocenters. The Morgan fingerprint density at radius 3 is 2.75 bits per heavy atom. The van der Waals surface area contributed by atoms with Gasteiger partial charge in [-0.2, -0.15) is 0 Å². The van der Waals surface area contributed by atoms with Crippen LogP contribution in [0.5, 0.6) is 0 Å². The maximum absolute atomic E-state index is 6.28. The van der Waals surface area contributed by atoms with E-state index in [0.717, 1.165) is 43.4 Å². The van der Waals surface area contributed by atoms with Gasteiger partial charge in [-0.1, -0.05) is 11.6 Å². The van der Waals surface area contributed by atoms with Crippen molar-refractivity contribution in [1.82, 2.24) is 9.97 Å². The molecule has 1 aliphatic carbocycles. The van der Waals surface area contributed by atoms with E-state index in [2.05, 4.69) is 16.9 Å². The number of anilines is 1. The van der Waals surface area contributed by atoms with E-state index in [1.54, 1.807) is 0 Å². The lowest BCUT2D eigenvalue weighted by Crippen LogP contribution is -2.32. The zero-order valence-electron chi connectivity index (χ0n) is 12.2. The summed E-state index contributed by atoms with van der Waals surface area (Å²) in [6.45, 7) is 4.74. The average Bonchev–Trinajstić information content (AvgIpc) is 3.27. The van der Waals surface area contributed by atoms with Crippen LogP contribution in [0.25, 0.3) is 0 Å². The summed E-state index contributed by atoms with van der Waals surface area (Å²) in [7, 11) is 2.09. The number of hydrogen-bond acceptors (Lipinski definition) is 4. The number of rotatable bonds is 4. The van der Waals surface area contributed by atoms with Gasteiger partial charge in [-0.3, -0.25) is 0 Å². The highest BCUT2D eigenvalue weighted by Crippen LogP contribution is 2.39. The van der Waals surface area contributed by atoms with E-state index >= 15 is 0 Å². The van der Waals surface area contributed by atoms with Gasteiger partial charge >= 0.3 is 0 Å². The van der Waals surface area contributed by atoms with Crippen LogP contribution >= 0.6 is 11.6 Å². The van der Waals surface area contributed by atoms with Crippen molar-refractivity contribution in [2.75, 3.05) is 31.7 Å². The predicted molar refractivity (Wildman–Crippen MR) is 80.6 cm³/mol. The average molecular weight is 296 g/mol. The Labute approximate surface area is 125 Å². The predicted octanol–water partition coefficient (Wildman–Crippen LogP) is 3.18. The molecule has 0 N–H and O–H groups in total. The maximum Gasteiger partial charge on any atom is 0.137 e. The molecule has 0 amide bonds. The highest BCUT2D eigenvalue weighted by molar-refractivity contribution is 6.30. The zero-order chi connectivity index (χ0) is 14.1. The maximum atomic E-state index is 6.28. The SMILES string of the molecule is Cc1c(Cl)nc(C2CC2)nc1N(C)CC1CCCOC1. The molecule has 1 saturated heterocycles. The zero-order valence-corrected chi connectivity index (χ0v) is 13.0. The molecule has 5 heteroatoms. The number of hydrogen-bond donors (Lipinski definition) is 0. The van der Waals surface area contributed by atoms with Gasteiger partial charge in [-0.05, 0) is 38.5 Å². The number of aromatic nitrogens is 2. The minimum atomic E-state index is 0.526. The van der Waals surface area contributed by atoms with Crippen molar-refractivity contribution in [2.45, 2.75) is 38.5 Å². The number of nitrogens with zero attached hydrogens (tertiary/aromatic N) is 3. The fraction of sp³-hybridized carbons (Fsp3) is 0.733. The van der Waals surface area contributed by atoms with Gasteiger partial charge in [0.15, 0.2) is 0 Å². The van der Waals surface area contributed by atoms with Crippen molar-refractivity contribution in [3.05, 3.63) is 16.5 Å². The van der Waals surface area contributed by atoms with Crippen LogP contribution in [0, 0.1) is 12.8 Å². The third-order valence-electron chi connectivity index (χ3n) is 4.17. The Balaban J connectivity index is 1.76. The molecule has 20 heavy (non-hydrogen) atoms. The van der Waals surface area contributed by atoms with Crippen LogP contribution in [-0.2, 0) is 4.74 Å². The van der Waals surface area contributed by atoms with Crippen LogP contribution in [-0.4, -0.2) is 36.8 Å². The Bertz CT molecular complexity index is 484. The number of halogens is 1. The second kappa shape index (κ2) is 5.86. The molecule has 1 aliphatic heterocycles. The largest absolute Gasteiger partial charge is 0.381 e. The molecule has 1 atom stereocenters. The lowest BCUT2D eigenvalue weighted by molar-refractivity contribution is 0.0576. The van der Waals surface area contributed by atoms with Gasteiger partial charge in [0.1, 0.15) is 16.8 Å². The summed E-state index contributed by atoms with van der Waals surface area (Å²) in [6.07, 6.45) is 4.78. The molecule has 2 fully saturated rings. The normalized spacial score (nSPS) is 22.9. The van der Waals surface area contributed by atoms with E-state index in [0.29, 0.717) is 17.0 Å². The summed E-state index contributed by atoms with van der Waals surface area (Å²) >= 11 is 6.28. The van der Waals surface area contributed by atoms with Crippen LogP contribution < -0.4 is 4.90 Å². The summed E-state index contributed by atoms with van der Waals surface area (Å²) in [5, 5.41) is 0.601. The summed E-state index contributed by atoms with van der Waals surface area (Å²) in [6, 6.07) is 0. The lowest BCUT2D eigenvalue weighted by atomic mass is 10.0. The fourth-order valence-electron chi connectivity index (χ4n) is 2.81. The van der Waals surface area contributed by atoms with Gasteiger partial charge in [0, 0.05) is 31.7 Å². The van der Waals surface area contributed by atoms with Gasteiger partial charge in [-0.15, -0.1) is 0 Å². The minimum Gasteiger partial charge on any atom is -0.381 e. The van der Waals surface area contributed by atoms with Crippen LogP contribution in [0.2, 0.25) is 5.15 Å². The Morgan fingerprint density at radius 1 is 1.30 bits per heavy atom. The third kappa shape index (κ3) is 3.07. The first-order chi connectivity index (χ1) is 9.65. The standard InChI is InChI=1S/C15H22ClN3O/c1-10-13(16)17-14(12-5-6-12)18-15(10)19(2)8-11-4-3-7-20-9-11/h11-12H,3-9H2,1-2H3. The second-order valence-corrected chi connectivity index (χ2v) is 6.42. The topological polar surface area (TPSA) is 38.2 Å². The highest BCUT2D eigenvalue weighted by Gasteiger charge is 2.29. The molecule has 1 aromatic heterocycles. The third-order valence-corrected chi connectivity index (χ3v) is 4.54. The molecule has 4 nitrogen and oxygen atoms in total. The first kappa shape index (κ1) is 14.1. The molecular formula is C15H22ClN3O. The molecular weight excluding hydrogens is 274 g/mol. The minimum absolute atomic E-state index is 0.526. The van der Waals surface area contributed by atoms with Crippen molar-refractivity contribution in [3.8, 4) is 0 Å². The lowest BCUT2D eigenvalue weighted by Gasteiger charge is -2.28. The van der Waals surface area contributed by atoms with E-state index in [1.807, 2.05) is 6.92 Å². The molecule has 3 rings (SSSR count). The van der Waals surface area contributed by atoms with Crippen LogP contribution in [0.15, 0.2) is 0 Å². The van der Waals surface area contributed by atoms with Crippen LogP contribution in [0.4, 0.5) is 5.82 Å². The molecule has 1 aromatic rings. The van der Waals surface area contributed by atoms with Gasteiger partial charge in [0.2, 0.25) is 0 Å². The summed E-state index contributed by atoms with van der Waals surface area (Å²) in [4.78, 5) is 11.4. The van der Waals surface area contributed by atoms with Gasteiger partial charge in [0.05, 0.1) is 6.61 Å². The van der Waals surface area contributed by atoms with Crippen LogP contribution in [0.3, 0.4) is 0 Å². The van der Waals surface area contributed by atoms with E-state index in [1.165, 1.54) is 19.3 Å². The van der Waals surface area contributed by atoms with Gasteiger partial charge < -0.3 is 9.64 Å². The van der Waals surface area contributed by atoms with Gasteiger partial charge in [-0.25, -0.2) is 9.97 Å². The number of ether oxygens (including phenoxy) is 1. The molecule has 0 radical (unpaired) electrons. The van der Waals surface area contributed by atoms with Crippen molar-refractivity contribution >= 4 is 17.4 Å². The van der Waals surface area contributed by atoms with Crippen molar-refractivity contribution in [2.24, 2.45) is 5.92 Å². The first-order valence-corrected chi connectivity index (χ1v) is 7.86. The smallest absolute Gasteiger partial charge is 0.137 e. The van der Waals surface area contributed by atoms with E-state index in [9.17, 15) is 0 Å².